The van der Waals surface area contributed by atoms with Crippen molar-refractivity contribution in [3.05, 3.63) is 0 Å². The Bertz CT molecular complexity index is 196. The van der Waals surface area contributed by atoms with Crippen LogP contribution in [0.1, 0.15) is 103 Å². The van der Waals surface area contributed by atoms with E-state index in [1.165, 1.54) is 96.3 Å². The van der Waals surface area contributed by atoms with E-state index >= 15 is 0 Å². The highest BCUT2D eigenvalue weighted by Gasteiger charge is 2.16. The predicted molar refractivity (Wildman–Crippen MR) is 91.3 cm³/mol. The van der Waals surface area contributed by atoms with Crippen molar-refractivity contribution >= 4 is 0 Å². The number of hydrogen-bond donors (Lipinski definition) is 1. The molecule has 0 aromatic rings. The van der Waals surface area contributed by atoms with E-state index in [0.29, 0.717) is 0 Å². The van der Waals surface area contributed by atoms with Crippen molar-refractivity contribution in [3.63, 3.8) is 0 Å². The first-order valence-electron chi connectivity index (χ1n) is 9.54. The lowest BCUT2D eigenvalue weighted by Crippen LogP contribution is -2.25. The van der Waals surface area contributed by atoms with Crippen molar-refractivity contribution in [2.45, 2.75) is 109 Å². The molecule has 1 rings (SSSR count). The van der Waals surface area contributed by atoms with E-state index in [-0.39, 0.29) is 0 Å². The van der Waals surface area contributed by atoms with Crippen LogP contribution in [0.5, 0.6) is 0 Å². The molecule has 1 aliphatic carbocycles. The van der Waals surface area contributed by atoms with E-state index in [0.717, 1.165) is 12.0 Å². The highest BCUT2D eigenvalue weighted by atomic mass is 14.9. The van der Waals surface area contributed by atoms with Gasteiger partial charge in [-0.3, -0.25) is 0 Å². The van der Waals surface area contributed by atoms with E-state index in [4.69, 9.17) is 0 Å². The van der Waals surface area contributed by atoms with Crippen LogP contribution in [-0.2, 0) is 0 Å². The van der Waals surface area contributed by atoms with E-state index < -0.39 is 0 Å². The molecule has 0 saturated heterocycles. The van der Waals surface area contributed by atoms with Crippen LogP contribution in [0.2, 0.25) is 0 Å². The van der Waals surface area contributed by atoms with Crippen molar-refractivity contribution in [3.8, 4) is 0 Å². The highest BCUT2D eigenvalue weighted by molar-refractivity contribution is 4.72. The van der Waals surface area contributed by atoms with Crippen molar-refractivity contribution in [1.82, 2.24) is 5.32 Å². The molecule has 1 unspecified atom stereocenters. The lowest BCUT2D eigenvalue weighted by atomic mass is 9.95. The van der Waals surface area contributed by atoms with Crippen LogP contribution < -0.4 is 5.32 Å². The van der Waals surface area contributed by atoms with Crippen LogP contribution in [-0.4, -0.2) is 13.1 Å². The van der Waals surface area contributed by atoms with Gasteiger partial charge in [0, 0.05) is 6.04 Å². The molecule has 0 aliphatic heterocycles. The van der Waals surface area contributed by atoms with Crippen LogP contribution in [0.4, 0.5) is 0 Å². The predicted octanol–water partition coefficient (Wildman–Crippen LogP) is 6.08. The van der Waals surface area contributed by atoms with Gasteiger partial charge >= 0.3 is 0 Å². The van der Waals surface area contributed by atoms with Crippen LogP contribution in [0.3, 0.4) is 0 Å². The summed E-state index contributed by atoms with van der Waals surface area (Å²) in [6, 6.07) is 0.788. The topological polar surface area (TPSA) is 12.0 Å². The smallest absolute Gasteiger partial charge is 0.00641 e. The Morgan fingerprint density at radius 2 is 1.45 bits per heavy atom. The first-order valence-corrected chi connectivity index (χ1v) is 9.54. The minimum absolute atomic E-state index is 0.788. The highest BCUT2D eigenvalue weighted by Crippen LogP contribution is 2.29. The molecule has 0 spiro atoms. The van der Waals surface area contributed by atoms with Crippen molar-refractivity contribution in [2.75, 3.05) is 7.05 Å². The molecule has 0 heterocycles. The van der Waals surface area contributed by atoms with Gasteiger partial charge in [-0.1, -0.05) is 84.0 Å². The molecule has 0 bridgehead atoms. The second-order valence-corrected chi connectivity index (χ2v) is 6.98. The first-order chi connectivity index (χ1) is 9.86. The molecule has 0 aromatic carbocycles. The van der Waals surface area contributed by atoms with Crippen molar-refractivity contribution in [1.29, 1.82) is 0 Å². The lowest BCUT2D eigenvalue weighted by molar-refractivity contribution is 0.394. The average Bonchev–Trinajstić information content (AvgIpc) is 2.98. The van der Waals surface area contributed by atoms with Gasteiger partial charge in [0.1, 0.15) is 0 Å². The maximum Gasteiger partial charge on any atom is 0.00641 e. The number of rotatable bonds is 13. The quantitative estimate of drug-likeness (QED) is 0.404. The molecule has 1 nitrogen and oxygen atoms in total. The van der Waals surface area contributed by atoms with Crippen LogP contribution in [0.25, 0.3) is 0 Å². The van der Waals surface area contributed by atoms with Crippen LogP contribution in [0.15, 0.2) is 0 Å². The number of unbranched alkanes of at least 4 members (excludes halogenated alkanes) is 7. The fraction of sp³-hybridized carbons (Fsp3) is 1.00. The maximum atomic E-state index is 3.54. The molecule has 1 fully saturated rings. The summed E-state index contributed by atoms with van der Waals surface area (Å²) in [5.41, 5.74) is 0. The average molecular weight is 282 g/mol. The van der Waals surface area contributed by atoms with E-state index in [2.05, 4.69) is 19.3 Å². The van der Waals surface area contributed by atoms with E-state index in [9.17, 15) is 0 Å². The Morgan fingerprint density at radius 1 is 0.850 bits per heavy atom. The SMILES string of the molecule is CCCCCCCCCCC(CCC1CCCC1)NC. The van der Waals surface area contributed by atoms with Gasteiger partial charge in [0.05, 0.1) is 0 Å². The fourth-order valence-electron chi connectivity index (χ4n) is 3.69. The third kappa shape index (κ3) is 9.00. The Morgan fingerprint density at radius 3 is 2.05 bits per heavy atom. The fourth-order valence-corrected chi connectivity index (χ4v) is 3.69. The molecule has 20 heavy (non-hydrogen) atoms. The molecule has 1 heteroatoms. The zero-order chi connectivity index (χ0) is 14.5. The second kappa shape index (κ2) is 12.7. The summed E-state index contributed by atoms with van der Waals surface area (Å²) >= 11 is 0. The molecular weight excluding hydrogens is 242 g/mol. The zero-order valence-corrected chi connectivity index (χ0v) is 14.3. The van der Waals surface area contributed by atoms with Crippen LogP contribution in [0, 0.1) is 5.92 Å². The van der Waals surface area contributed by atoms with Gasteiger partial charge in [0.15, 0.2) is 0 Å². The van der Waals surface area contributed by atoms with E-state index in [1.807, 2.05) is 0 Å². The Balaban J connectivity index is 1.89. The largest absolute Gasteiger partial charge is 0.317 e. The molecule has 0 aromatic heterocycles. The molecule has 1 N–H and O–H groups in total. The Hall–Kier alpha value is -0.0400. The Labute approximate surface area is 128 Å². The van der Waals surface area contributed by atoms with Gasteiger partial charge in [-0.2, -0.15) is 0 Å². The van der Waals surface area contributed by atoms with Crippen LogP contribution >= 0.6 is 0 Å². The van der Waals surface area contributed by atoms with Gasteiger partial charge in [-0.15, -0.1) is 0 Å². The second-order valence-electron chi connectivity index (χ2n) is 6.98. The number of nitrogens with one attached hydrogen (secondary N) is 1. The Kier molecular flexibility index (Phi) is 11.4. The summed E-state index contributed by atoms with van der Waals surface area (Å²) in [5, 5.41) is 3.54. The minimum Gasteiger partial charge on any atom is -0.317 e. The van der Waals surface area contributed by atoms with Crippen molar-refractivity contribution in [2.24, 2.45) is 5.92 Å². The summed E-state index contributed by atoms with van der Waals surface area (Å²) in [4.78, 5) is 0. The monoisotopic (exact) mass is 281 g/mol. The summed E-state index contributed by atoms with van der Waals surface area (Å²) in [6.45, 7) is 2.30. The normalized spacial score (nSPS) is 17.7. The summed E-state index contributed by atoms with van der Waals surface area (Å²) in [6.07, 6.45) is 21.8. The molecule has 0 radical (unpaired) electrons. The molecular formula is C19H39N. The number of hydrogen-bond acceptors (Lipinski definition) is 1. The summed E-state index contributed by atoms with van der Waals surface area (Å²) < 4.78 is 0. The summed E-state index contributed by atoms with van der Waals surface area (Å²) in [7, 11) is 2.16. The third-order valence-corrected chi connectivity index (χ3v) is 5.21. The van der Waals surface area contributed by atoms with Gasteiger partial charge in [-0.25, -0.2) is 0 Å². The standard InChI is InChI=1S/C19H39N/c1-3-4-5-6-7-8-9-10-15-19(20-2)17-16-18-13-11-12-14-18/h18-20H,3-17H2,1-2H3. The van der Waals surface area contributed by atoms with Gasteiger partial charge < -0.3 is 5.32 Å². The molecule has 1 saturated carbocycles. The first kappa shape index (κ1) is 18.0. The molecule has 1 atom stereocenters. The summed E-state index contributed by atoms with van der Waals surface area (Å²) in [5.74, 6) is 1.06. The van der Waals surface area contributed by atoms with Gasteiger partial charge in [0.2, 0.25) is 0 Å². The molecule has 120 valence electrons. The van der Waals surface area contributed by atoms with E-state index in [1.54, 1.807) is 0 Å². The molecule has 0 amide bonds. The minimum atomic E-state index is 0.788. The van der Waals surface area contributed by atoms with Crippen molar-refractivity contribution < 1.29 is 0 Å². The van der Waals surface area contributed by atoms with Gasteiger partial charge in [0.25, 0.3) is 0 Å². The lowest BCUT2D eigenvalue weighted by Gasteiger charge is -2.18. The zero-order valence-electron chi connectivity index (χ0n) is 14.3. The molecule has 1 aliphatic rings. The maximum absolute atomic E-state index is 3.54. The van der Waals surface area contributed by atoms with Gasteiger partial charge in [-0.05, 0) is 32.2 Å². The third-order valence-electron chi connectivity index (χ3n) is 5.21.